The Morgan fingerprint density at radius 3 is 1.90 bits per heavy atom. The topological polar surface area (TPSA) is 9.23 Å². The van der Waals surface area contributed by atoms with Crippen molar-refractivity contribution in [3.63, 3.8) is 0 Å². The zero-order valence-electron chi connectivity index (χ0n) is 27.1. The molecule has 0 bridgehead atoms. The van der Waals surface area contributed by atoms with E-state index in [1.54, 1.807) is 6.08 Å². The molecule has 10 heteroatoms. The first-order chi connectivity index (χ1) is 24.4. The van der Waals surface area contributed by atoms with Crippen LogP contribution in [0, 0.1) is 71.1 Å². The minimum Gasteiger partial charge on any atom is -0.374 e. The van der Waals surface area contributed by atoms with Crippen LogP contribution in [0.15, 0.2) is 72.8 Å². The third kappa shape index (κ3) is 7.17. The number of unbranched alkanes of at least 4 members (excludes halogenated alkanes) is 1. The molecule has 1 nitrogen and oxygen atoms in total. The van der Waals surface area contributed by atoms with Gasteiger partial charge in [-0.25, -0.2) is 39.5 Å². The molecule has 1 aliphatic carbocycles. The van der Waals surface area contributed by atoms with E-state index >= 15 is 17.6 Å². The first-order valence-electron chi connectivity index (χ1n) is 15.9. The maximum absolute atomic E-state index is 15.9. The van der Waals surface area contributed by atoms with Crippen molar-refractivity contribution < 1.29 is 44.3 Å². The van der Waals surface area contributed by atoms with Gasteiger partial charge in [-0.1, -0.05) is 43.4 Å². The van der Waals surface area contributed by atoms with Crippen molar-refractivity contribution in [2.75, 3.05) is 6.61 Å². The summed E-state index contributed by atoms with van der Waals surface area (Å²) in [7, 11) is 0. The molecule has 260 valence electrons. The van der Waals surface area contributed by atoms with Gasteiger partial charge in [-0.05, 0) is 108 Å². The number of rotatable bonds is 7. The summed E-state index contributed by atoms with van der Waals surface area (Å²) in [5.41, 5.74) is -1.64. The molecule has 5 aromatic carbocycles. The maximum Gasteiger partial charge on any atom is 0.194 e. The summed E-state index contributed by atoms with van der Waals surface area (Å²) in [5.74, 6) is -7.02. The monoisotopic (exact) mass is 706 g/mol. The van der Waals surface area contributed by atoms with E-state index in [-0.39, 0.29) is 33.7 Å². The molecule has 0 saturated carbocycles. The number of allylic oxidation sites excluding steroid dienone is 2. The van der Waals surface area contributed by atoms with E-state index < -0.39 is 74.4 Å². The fraction of sp³-hybridized carbons (Fsp3) is 0.171. The van der Waals surface area contributed by atoms with Crippen LogP contribution in [0.4, 0.5) is 39.5 Å². The second-order valence-corrected chi connectivity index (χ2v) is 12.1. The van der Waals surface area contributed by atoms with Gasteiger partial charge >= 0.3 is 0 Å². The predicted octanol–water partition coefficient (Wildman–Crippen LogP) is 11.7. The van der Waals surface area contributed by atoms with Gasteiger partial charge in [0.25, 0.3) is 0 Å². The SMILES string of the molecule is CCCCOC1C=CC(c2cc(F)c3c(F)c(-c4cc(C)c(C#Cc5cc(F)c(-c6cc(F)c(F)c(F)c6)c(F)c5)c(F)c4)c(F)cc3c2)=CC1. The number of benzene rings is 5. The molecule has 0 aliphatic heterocycles. The number of aryl methyl sites for hydroxylation is 1. The van der Waals surface area contributed by atoms with Crippen LogP contribution in [0.25, 0.3) is 38.6 Å². The molecule has 1 aliphatic rings. The Morgan fingerprint density at radius 2 is 1.27 bits per heavy atom. The number of ether oxygens (including phenoxy) is 1. The lowest BCUT2D eigenvalue weighted by Gasteiger charge is -2.18. The first-order valence-corrected chi connectivity index (χ1v) is 15.9. The predicted molar refractivity (Wildman–Crippen MR) is 178 cm³/mol. The minimum atomic E-state index is -1.80. The van der Waals surface area contributed by atoms with Crippen LogP contribution in [-0.4, -0.2) is 12.7 Å². The van der Waals surface area contributed by atoms with Crippen molar-refractivity contribution in [2.24, 2.45) is 0 Å². The summed E-state index contributed by atoms with van der Waals surface area (Å²) in [6.45, 7) is 4.07. The van der Waals surface area contributed by atoms with Gasteiger partial charge in [0.1, 0.15) is 34.9 Å². The molecule has 51 heavy (non-hydrogen) atoms. The summed E-state index contributed by atoms with van der Waals surface area (Å²) in [6, 6.07) is 8.02. The Kier molecular flexibility index (Phi) is 10.1. The van der Waals surface area contributed by atoms with Crippen molar-refractivity contribution in [2.45, 2.75) is 39.2 Å². The van der Waals surface area contributed by atoms with Gasteiger partial charge in [0.2, 0.25) is 0 Å². The van der Waals surface area contributed by atoms with E-state index in [1.807, 2.05) is 12.2 Å². The molecule has 6 rings (SSSR count). The highest BCUT2D eigenvalue weighted by Crippen LogP contribution is 2.37. The average Bonchev–Trinajstić information content (AvgIpc) is 3.06. The molecule has 0 saturated heterocycles. The number of hydrogen-bond donors (Lipinski definition) is 0. The van der Waals surface area contributed by atoms with Crippen LogP contribution in [0.2, 0.25) is 0 Å². The van der Waals surface area contributed by atoms with Gasteiger partial charge in [-0.3, -0.25) is 0 Å². The van der Waals surface area contributed by atoms with Gasteiger partial charge in [0.05, 0.1) is 28.2 Å². The molecule has 0 radical (unpaired) electrons. The molecule has 1 atom stereocenters. The molecule has 1 unspecified atom stereocenters. The Balaban J connectivity index is 1.29. The van der Waals surface area contributed by atoms with Crippen molar-refractivity contribution in [1.29, 1.82) is 0 Å². The quantitative estimate of drug-likeness (QED) is 0.0709. The summed E-state index contributed by atoms with van der Waals surface area (Å²) < 4.78 is 138. The van der Waals surface area contributed by atoms with Gasteiger partial charge in [0, 0.05) is 12.2 Å². The van der Waals surface area contributed by atoms with Crippen LogP contribution < -0.4 is 0 Å². The van der Waals surface area contributed by atoms with Gasteiger partial charge in [-0.2, -0.15) is 0 Å². The van der Waals surface area contributed by atoms with E-state index in [0.29, 0.717) is 36.3 Å². The Labute approximate surface area is 287 Å². The van der Waals surface area contributed by atoms with Crippen LogP contribution in [0.1, 0.15) is 48.4 Å². The lowest BCUT2D eigenvalue weighted by atomic mass is 9.92. The molecule has 0 N–H and O–H groups in total. The standard InChI is InChI=1S/C41H27F9O/c1-3-4-11-51-28-8-6-23(7-9-28)24-15-26-18-34(46)38(41(50)39(26)33(45)16-24)25-12-21(2)29(30(42)17-25)10-5-22-13-31(43)37(32(44)14-22)27-19-35(47)40(49)36(48)20-27/h6-8,12-20,28H,3-4,9,11H2,1-2H3. The minimum absolute atomic E-state index is 0.0285. The van der Waals surface area contributed by atoms with E-state index in [9.17, 15) is 22.0 Å². The fourth-order valence-electron chi connectivity index (χ4n) is 5.96. The second-order valence-electron chi connectivity index (χ2n) is 12.1. The van der Waals surface area contributed by atoms with Crippen molar-refractivity contribution in [3.05, 3.63) is 147 Å². The van der Waals surface area contributed by atoms with Gasteiger partial charge in [0.15, 0.2) is 17.5 Å². The third-order valence-electron chi connectivity index (χ3n) is 8.53. The second kappa shape index (κ2) is 14.5. The highest BCUT2D eigenvalue weighted by atomic mass is 19.2. The zero-order valence-corrected chi connectivity index (χ0v) is 27.1. The lowest BCUT2D eigenvalue weighted by Crippen LogP contribution is -2.12. The van der Waals surface area contributed by atoms with Gasteiger partial charge < -0.3 is 4.74 Å². The number of hydrogen-bond acceptors (Lipinski definition) is 1. The molecule has 5 aromatic rings. The summed E-state index contributed by atoms with van der Waals surface area (Å²) in [4.78, 5) is 0. The zero-order chi connectivity index (χ0) is 36.6. The average molecular weight is 707 g/mol. The van der Waals surface area contributed by atoms with Crippen molar-refractivity contribution >= 4 is 16.3 Å². The van der Waals surface area contributed by atoms with E-state index in [4.69, 9.17) is 4.74 Å². The normalized spacial score (nSPS) is 14.1. The van der Waals surface area contributed by atoms with Crippen LogP contribution >= 0.6 is 0 Å². The number of fused-ring (bicyclic) bond motifs is 1. The highest BCUT2D eigenvalue weighted by Gasteiger charge is 2.22. The van der Waals surface area contributed by atoms with Crippen LogP contribution in [0.3, 0.4) is 0 Å². The largest absolute Gasteiger partial charge is 0.374 e. The Hall–Kier alpha value is -5.27. The highest BCUT2D eigenvalue weighted by molar-refractivity contribution is 5.92. The third-order valence-corrected chi connectivity index (χ3v) is 8.53. The summed E-state index contributed by atoms with van der Waals surface area (Å²) in [5, 5.41) is -0.504. The molecule has 0 aromatic heterocycles. The lowest BCUT2D eigenvalue weighted by molar-refractivity contribution is 0.0844. The van der Waals surface area contributed by atoms with E-state index in [1.165, 1.54) is 19.1 Å². The Morgan fingerprint density at radius 1 is 0.647 bits per heavy atom. The molecular weight excluding hydrogens is 679 g/mol. The fourth-order valence-corrected chi connectivity index (χ4v) is 5.96. The van der Waals surface area contributed by atoms with Crippen LogP contribution in [-0.2, 0) is 4.74 Å². The summed E-state index contributed by atoms with van der Waals surface area (Å²) in [6.07, 6.45) is 7.88. The van der Waals surface area contributed by atoms with Crippen molar-refractivity contribution in [1.82, 2.24) is 0 Å². The Bertz CT molecular complexity index is 2260. The molecule has 0 heterocycles. The van der Waals surface area contributed by atoms with E-state index in [2.05, 4.69) is 18.8 Å². The molecular formula is C41H27F9O. The van der Waals surface area contributed by atoms with Crippen LogP contribution in [0.5, 0.6) is 0 Å². The first kappa shape index (κ1) is 35.6. The molecule has 0 amide bonds. The van der Waals surface area contributed by atoms with E-state index in [0.717, 1.165) is 43.2 Å². The van der Waals surface area contributed by atoms with Crippen molar-refractivity contribution in [3.8, 4) is 34.1 Å². The van der Waals surface area contributed by atoms with Gasteiger partial charge in [-0.15, -0.1) is 0 Å². The maximum atomic E-state index is 15.9. The molecule has 0 spiro atoms. The smallest absolute Gasteiger partial charge is 0.194 e. The molecule has 0 fully saturated rings. The number of halogens is 9. The summed E-state index contributed by atoms with van der Waals surface area (Å²) >= 11 is 0.